The number of thiol groups is 1. The van der Waals surface area contributed by atoms with E-state index in [0.29, 0.717) is 49.9 Å². The number of benzene rings is 1. The lowest BCUT2D eigenvalue weighted by molar-refractivity contribution is -0.142. The summed E-state index contributed by atoms with van der Waals surface area (Å²) in [4.78, 5) is 104. The highest BCUT2D eigenvalue weighted by Gasteiger charge is 2.33. The summed E-state index contributed by atoms with van der Waals surface area (Å²) >= 11 is 4.20. The first kappa shape index (κ1) is 54.1. The van der Waals surface area contributed by atoms with Gasteiger partial charge in [-0.15, -0.1) is 0 Å². The van der Waals surface area contributed by atoms with E-state index in [2.05, 4.69) is 59.5 Å². The van der Waals surface area contributed by atoms with Gasteiger partial charge in [0, 0.05) is 37.0 Å². The number of H-pyrrole nitrogens is 1. The molecule has 24 nitrogen and oxygen atoms in total. The number of imidazole rings is 1. The first-order chi connectivity index (χ1) is 30.5. The number of hydrogen-bond donors (Lipinski definition) is 16. The molecule has 0 aliphatic rings. The van der Waals surface area contributed by atoms with E-state index in [1.807, 2.05) is 0 Å². The number of carbonyl (C=O) groups excluding carboxylic acids is 6. The highest BCUT2D eigenvalue weighted by molar-refractivity contribution is 7.80. The quantitative estimate of drug-likeness (QED) is 0.0147. The molecule has 0 unspecified atom stereocenters. The molecule has 0 saturated carbocycles. The van der Waals surface area contributed by atoms with Gasteiger partial charge >= 0.3 is 5.97 Å². The number of carboxylic acid groups (broad SMARTS) is 1. The van der Waals surface area contributed by atoms with Gasteiger partial charge in [0.2, 0.25) is 35.4 Å². The number of aromatic hydroxyl groups is 1. The first-order valence-corrected chi connectivity index (χ1v) is 21.4. The number of carboxylic acids is 1. The van der Waals surface area contributed by atoms with Crippen molar-refractivity contribution in [2.45, 2.75) is 107 Å². The van der Waals surface area contributed by atoms with E-state index in [0.717, 1.165) is 0 Å². The summed E-state index contributed by atoms with van der Waals surface area (Å²) < 4.78 is 0. The Hall–Kier alpha value is -6.02. The molecule has 0 aliphatic carbocycles. The molecule has 7 atom stereocenters. The average molecular weight is 921 g/mol. The highest BCUT2D eigenvalue weighted by atomic mass is 32.1. The molecule has 2 rings (SSSR count). The van der Waals surface area contributed by atoms with Crippen LogP contribution >= 0.6 is 12.6 Å². The van der Waals surface area contributed by atoms with E-state index in [4.69, 9.17) is 28.7 Å². The lowest BCUT2D eigenvalue weighted by Crippen LogP contribution is -2.61. The summed E-state index contributed by atoms with van der Waals surface area (Å²) in [5.74, 6) is -6.98. The van der Waals surface area contributed by atoms with Gasteiger partial charge in [0.15, 0.2) is 5.96 Å². The van der Waals surface area contributed by atoms with Crippen molar-refractivity contribution in [2.75, 3.05) is 32.0 Å². The van der Waals surface area contributed by atoms with Crippen LogP contribution in [0.2, 0.25) is 0 Å². The second-order valence-corrected chi connectivity index (χ2v) is 15.2. The molecule has 2 aromatic rings. The average Bonchev–Trinajstić information content (AvgIpc) is 3.78. The number of aromatic nitrogens is 2. The molecule has 1 aromatic carbocycles. The number of hydrogen-bond acceptors (Lipinski definition) is 15. The molecule has 0 bridgehead atoms. The number of amides is 6. The fourth-order valence-corrected chi connectivity index (χ4v) is 6.35. The Kier molecular flexibility index (Phi) is 24.8. The van der Waals surface area contributed by atoms with E-state index < -0.39 is 90.3 Å². The monoisotopic (exact) mass is 920 g/mol. The minimum Gasteiger partial charge on any atom is -0.508 e. The van der Waals surface area contributed by atoms with Crippen molar-refractivity contribution in [3.8, 4) is 5.75 Å². The second-order valence-electron chi connectivity index (χ2n) is 14.8. The number of phenolic OH excluding ortho intramolecular Hbond substituents is 1. The normalized spacial score (nSPS) is 14.3. The maximum absolute atomic E-state index is 13.9. The number of rotatable bonds is 31. The van der Waals surface area contributed by atoms with Gasteiger partial charge in [-0.2, -0.15) is 12.6 Å². The first-order valence-electron chi connectivity index (χ1n) is 20.8. The van der Waals surface area contributed by atoms with Crippen molar-refractivity contribution >= 4 is 60.0 Å². The Morgan fingerprint density at radius 2 is 1.17 bits per heavy atom. The number of aliphatic imine (C=N–C) groups is 1. The lowest BCUT2D eigenvalue weighted by atomic mass is 10.0. The summed E-state index contributed by atoms with van der Waals surface area (Å²) in [5, 5.41) is 44.6. The zero-order chi connectivity index (χ0) is 47.6. The van der Waals surface area contributed by atoms with E-state index in [9.17, 15) is 48.9 Å². The van der Waals surface area contributed by atoms with Crippen molar-refractivity contribution in [2.24, 2.45) is 33.7 Å². The molecule has 25 heteroatoms. The number of nitrogens with two attached hydrogens (primary N) is 5. The second kappa shape index (κ2) is 29.4. The van der Waals surface area contributed by atoms with Gasteiger partial charge in [0.1, 0.15) is 42.0 Å². The summed E-state index contributed by atoms with van der Waals surface area (Å²) in [6.07, 6.45) is 5.06. The minimum absolute atomic E-state index is 0.0224. The SMILES string of the molecule is NCCCC[C@H](NC(=O)[C@H](CO)NC(=O)[C@H](CS)NC(=O)[C@H](Cc1cnc[nH]1)NC(=O)[C@H](Cc1ccc(O)cc1)NC(=O)[C@@H](N)CCCCN)C(=O)N[C@@H](CCCN=C(N)N)C(=O)O. The van der Waals surface area contributed by atoms with Gasteiger partial charge < -0.3 is 80.9 Å². The summed E-state index contributed by atoms with van der Waals surface area (Å²) in [6, 6.07) is -3.44. The van der Waals surface area contributed by atoms with E-state index in [1.54, 1.807) is 12.1 Å². The molecular formula is C39H64N14O10S. The summed E-state index contributed by atoms with van der Waals surface area (Å²) in [7, 11) is 0. The van der Waals surface area contributed by atoms with Crippen LogP contribution in [0.15, 0.2) is 41.8 Å². The van der Waals surface area contributed by atoms with Crippen LogP contribution in [0, 0.1) is 0 Å². The number of aromatic amines is 1. The largest absolute Gasteiger partial charge is 0.508 e. The van der Waals surface area contributed by atoms with Crippen LogP contribution in [-0.4, -0.2) is 147 Å². The number of nitrogens with zero attached hydrogens (tertiary/aromatic N) is 2. The van der Waals surface area contributed by atoms with Crippen LogP contribution in [0.4, 0.5) is 0 Å². The third kappa shape index (κ3) is 20.0. The Bertz CT molecular complexity index is 1820. The van der Waals surface area contributed by atoms with Gasteiger partial charge in [-0.3, -0.25) is 33.8 Å². The molecule has 0 saturated heterocycles. The van der Waals surface area contributed by atoms with Crippen LogP contribution in [0.1, 0.15) is 62.6 Å². The van der Waals surface area contributed by atoms with Crippen molar-refractivity contribution in [3.05, 3.63) is 48.0 Å². The maximum atomic E-state index is 13.9. The molecule has 20 N–H and O–H groups in total. The highest BCUT2D eigenvalue weighted by Crippen LogP contribution is 2.13. The van der Waals surface area contributed by atoms with Crippen LogP contribution < -0.4 is 60.6 Å². The van der Waals surface area contributed by atoms with Crippen LogP contribution in [0.3, 0.4) is 0 Å². The van der Waals surface area contributed by atoms with Crippen LogP contribution in [0.25, 0.3) is 0 Å². The molecule has 1 heterocycles. The molecule has 0 fully saturated rings. The Balaban J connectivity index is 2.25. The van der Waals surface area contributed by atoms with E-state index in [1.165, 1.54) is 24.7 Å². The lowest BCUT2D eigenvalue weighted by Gasteiger charge is -2.27. The van der Waals surface area contributed by atoms with Gasteiger partial charge in [-0.1, -0.05) is 18.6 Å². The molecule has 356 valence electrons. The number of phenols is 1. The van der Waals surface area contributed by atoms with Crippen molar-refractivity contribution < 1.29 is 48.9 Å². The molecule has 0 radical (unpaired) electrons. The van der Waals surface area contributed by atoms with Gasteiger partial charge in [-0.05, 0) is 75.7 Å². The topological polar surface area (TPSA) is 423 Å². The predicted octanol–water partition coefficient (Wildman–Crippen LogP) is -4.55. The van der Waals surface area contributed by atoms with E-state index >= 15 is 0 Å². The van der Waals surface area contributed by atoms with Crippen molar-refractivity contribution in [3.63, 3.8) is 0 Å². The van der Waals surface area contributed by atoms with Crippen molar-refractivity contribution in [1.82, 2.24) is 41.9 Å². The van der Waals surface area contributed by atoms with Crippen LogP contribution in [0.5, 0.6) is 5.75 Å². The minimum atomic E-state index is -1.65. The summed E-state index contributed by atoms with van der Waals surface area (Å²) in [6.45, 7) is -0.163. The fourth-order valence-electron chi connectivity index (χ4n) is 6.09. The fraction of sp³-hybridized carbons (Fsp3) is 0.564. The summed E-state index contributed by atoms with van der Waals surface area (Å²) in [5.41, 5.74) is 28.9. The van der Waals surface area contributed by atoms with E-state index in [-0.39, 0.29) is 62.7 Å². The number of aliphatic hydroxyl groups excluding tert-OH is 1. The van der Waals surface area contributed by atoms with Crippen molar-refractivity contribution in [1.29, 1.82) is 0 Å². The molecule has 0 aliphatic heterocycles. The number of nitrogens with one attached hydrogen (secondary N) is 7. The predicted molar refractivity (Wildman–Crippen MR) is 238 cm³/mol. The number of aliphatic hydroxyl groups is 1. The zero-order valence-corrected chi connectivity index (χ0v) is 36.4. The number of guanidine groups is 1. The zero-order valence-electron chi connectivity index (χ0n) is 35.5. The number of aliphatic carboxylic acids is 1. The third-order valence-corrected chi connectivity index (χ3v) is 10.1. The maximum Gasteiger partial charge on any atom is 0.326 e. The van der Waals surface area contributed by atoms with Gasteiger partial charge in [0.05, 0.1) is 19.0 Å². The molecule has 64 heavy (non-hydrogen) atoms. The Morgan fingerprint density at radius 1 is 0.672 bits per heavy atom. The van der Waals surface area contributed by atoms with Gasteiger partial charge in [-0.25, -0.2) is 9.78 Å². The smallest absolute Gasteiger partial charge is 0.326 e. The molecule has 6 amide bonds. The number of carbonyl (C=O) groups is 7. The molecule has 1 aromatic heterocycles. The molecular weight excluding hydrogens is 857 g/mol. The molecule has 0 spiro atoms. The number of unbranched alkanes of at least 4 members (excludes halogenated alkanes) is 2. The Labute approximate surface area is 375 Å². The Morgan fingerprint density at radius 3 is 1.73 bits per heavy atom. The van der Waals surface area contributed by atoms with Gasteiger partial charge in [0.25, 0.3) is 0 Å². The standard InChI is InChI=1S/C39H64N14O10S/c40-13-3-1-6-25(42)32(56)50-28(16-22-9-11-24(55)12-10-22)34(58)51-29(17-23-18-45-21-47-23)35(59)53-31(20-64)37(61)52-30(19-54)36(60)48-26(7-2-4-14-41)33(57)49-27(38(62)63)8-5-15-46-39(43)44/h9-12,18,21,25-31,54-55,64H,1-8,13-17,19-20,40-42H2,(H,45,47)(H,48,60)(H,49,57)(H,50,56)(H,51,58)(H,52,61)(H,53,59)(H,62,63)(H4,43,44,46)/t25-,26-,27-,28-,29-,30-,31-/m0/s1. The van der Waals surface area contributed by atoms with Crippen LogP contribution in [-0.2, 0) is 46.4 Å². The third-order valence-electron chi connectivity index (χ3n) is 9.70.